The first kappa shape index (κ1) is 23.6. The second-order valence-electron chi connectivity index (χ2n) is 7.69. The van der Waals surface area contributed by atoms with Crippen LogP contribution in [0.15, 0.2) is 47.5 Å². The fourth-order valence-electron chi connectivity index (χ4n) is 3.59. The van der Waals surface area contributed by atoms with Crippen molar-refractivity contribution in [3.8, 4) is 11.3 Å². The van der Waals surface area contributed by atoms with Crippen molar-refractivity contribution < 1.29 is 27.1 Å². The van der Waals surface area contributed by atoms with Crippen LogP contribution in [0.2, 0.25) is 0 Å². The number of ether oxygens (including phenoxy) is 1. The highest BCUT2D eigenvalue weighted by molar-refractivity contribution is 6.05. The molecule has 34 heavy (non-hydrogen) atoms. The van der Waals surface area contributed by atoms with Crippen molar-refractivity contribution in [1.29, 1.82) is 0 Å². The zero-order chi connectivity index (χ0) is 24.3. The van der Waals surface area contributed by atoms with Crippen LogP contribution in [0.1, 0.15) is 15.9 Å². The van der Waals surface area contributed by atoms with Crippen LogP contribution < -0.4 is 10.9 Å². The number of nitrogens with one attached hydrogen (secondary N) is 2. The Morgan fingerprint density at radius 1 is 1.15 bits per heavy atom. The third-order valence-electron chi connectivity index (χ3n) is 5.36. The van der Waals surface area contributed by atoms with E-state index in [-0.39, 0.29) is 11.3 Å². The maximum atomic E-state index is 14.5. The number of alkyl halides is 3. The number of nitrogens with zero attached hydrogens (tertiary/aromatic N) is 3. The summed E-state index contributed by atoms with van der Waals surface area (Å²) >= 11 is 0. The van der Waals surface area contributed by atoms with Gasteiger partial charge in [0.25, 0.3) is 5.91 Å². The standard InChI is InChI=1S/C22H21F4N5O3/c23-18-2-1-14(28-21(33)16-13-27-20(32)12-17(16)22(24,25)26)11-15(18)19-3-4-31(29-19)6-5-30-7-9-34-10-8-30/h1-4,11-13H,5-10H2,(H,27,32)(H,28,33). The Kier molecular flexibility index (Phi) is 6.80. The van der Waals surface area contributed by atoms with E-state index >= 15 is 0 Å². The van der Waals surface area contributed by atoms with E-state index in [0.29, 0.717) is 37.7 Å². The number of anilines is 1. The molecule has 0 aliphatic carbocycles. The molecular formula is C22H21F4N5O3. The van der Waals surface area contributed by atoms with Gasteiger partial charge < -0.3 is 15.0 Å². The van der Waals surface area contributed by atoms with Gasteiger partial charge in [-0.2, -0.15) is 18.3 Å². The number of benzene rings is 1. The minimum atomic E-state index is -4.90. The van der Waals surface area contributed by atoms with Gasteiger partial charge in [0.15, 0.2) is 0 Å². The molecule has 0 unspecified atom stereocenters. The fourth-order valence-corrected chi connectivity index (χ4v) is 3.59. The molecule has 0 bridgehead atoms. The predicted molar refractivity (Wildman–Crippen MR) is 115 cm³/mol. The van der Waals surface area contributed by atoms with Crippen LogP contribution in [-0.2, 0) is 17.5 Å². The number of rotatable bonds is 6. The first-order valence-electron chi connectivity index (χ1n) is 10.5. The molecule has 1 amide bonds. The van der Waals surface area contributed by atoms with Crippen LogP contribution in [0.4, 0.5) is 23.2 Å². The van der Waals surface area contributed by atoms with Gasteiger partial charge in [-0.25, -0.2) is 4.39 Å². The number of H-pyrrole nitrogens is 1. The van der Waals surface area contributed by atoms with Crippen molar-refractivity contribution in [2.24, 2.45) is 0 Å². The van der Waals surface area contributed by atoms with Crippen molar-refractivity contribution in [2.45, 2.75) is 12.7 Å². The summed E-state index contributed by atoms with van der Waals surface area (Å²) in [6.45, 7) is 4.36. The lowest BCUT2D eigenvalue weighted by molar-refractivity contribution is -0.138. The zero-order valence-electron chi connectivity index (χ0n) is 17.9. The van der Waals surface area contributed by atoms with E-state index in [1.54, 1.807) is 16.9 Å². The van der Waals surface area contributed by atoms with Gasteiger partial charge in [0.2, 0.25) is 5.56 Å². The van der Waals surface area contributed by atoms with Gasteiger partial charge in [-0.15, -0.1) is 0 Å². The van der Waals surface area contributed by atoms with Crippen molar-refractivity contribution in [3.63, 3.8) is 0 Å². The van der Waals surface area contributed by atoms with Crippen LogP contribution in [0.25, 0.3) is 11.3 Å². The van der Waals surface area contributed by atoms with Crippen LogP contribution in [0.3, 0.4) is 0 Å². The average molecular weight is 479 g/mol. The van der Waals surface area contributed by atoms with Gasteiger partial charge >= 0.3 is 6.18 Å². The zero-order valence-corrected chi connectivity index (χ0v) is 17.9. The molecule has 4 rings (SSSR count). The van der Waals surface area contributed by atoms with E-state index in [0.717, 1.165) is 25.7 Å². The van der Waals surface area contributed by atoms with Crippen LogP contribution >= 0.6 is 0 Å². The van der Waals surface area contributed by atoms with E-state index < -0.39 is 34.6 Å². The topological polar surface area (TPSA) is 92.2 Å². The van der Waals surface area contributed by atoms with E-state index in [2.05, 4.69) is 20.3 Å². The smallest absolute Gasteiger partial charge is 0.379 e. The van der Waals surface area contributed by atoms with E-state index in [1.165, 1.54) is 12.1 Å². The van der Waals surface area contributed by atoms with Crippen molar-refractivity contribution in [3.05, 3.63) is 70.0 Å². The number of amides is 1. The van der Waals surface area contributed by atoms with E-state index in [1.807, 2.05) is 0 Å². The maximum absolute atomic E-state index is 14.5. The lowest BCUT2D eigenvalue weighted by Gasteiger charge is -2.26. The van der Waals surface area contributed by atoms with Crippen LogP contribution in [-0.4, -0.2) is 58.4 Å². The summed E-state index contributed by atoms with van der Waals surface area (Å²) in [5.74, 6) is -1.70. The molecular weight excluding hydrogens is 458 g/mol. The lowest BCUT2D eigenvalue weighted by Crippen LogP contribution is -2.38. The molecule has 3 aromatic rings. The number of morpholine rings is 1. The molecule has 2 aromatic heterocycles. The Hall–Kier alpha value is -3.51. The predicted octanol–water partition coefficient (Wildman–Crippen LogP) is 2.98. The van der Waals surface area contributed by atoms with Gasteiger partial charge in [0, 0.05) is 49.3 Å². The molecule has 1 aromatic carbocycles. The number of halogens is 4. The summed E-state index contributed by atoms with van der Waals surface area (Å²) in [5, 5.41) is 6.70. The largest absolute Gasteiger partial charge is 0.417 e. The van der Waals surface area contributed by atoms with E-state index in [9.17, 15) is 27.2 Å². The molecule has 0 saturated carbocycles. The minimum Gasteiger partial charge on any atom is -0.379 e. The van der Waals surface area contributed by atoms with Crippen molar-refractivity contribution >= 4 is 11.6 Å². The second-order valence-corrected chi connectivity index (χ2v) is 7.69. The molecule has 1 aliphatic rings. The molecule has 0 radical (unpaired) electrons. The van der Waals surface area contributed by atoms with Gasteiger partial charge in [0.05, 0.1) is 36.6 Å². The monoisotopic (exact) mass is 479 g/mol. The molecule has 1 saturated heterocycles. The lowest BCUT2D eigenvalue weighted by atomic mass is 10.1. The Bertz CT molecular complexity index is 1230. The molecule has 12 heteroatoms. The molecule has 180 valence electrons. The highest BCUT2D eigenvalue weighted by atomic mass is 19.4. The SMILES string of the molecule is O=C(Nc1ccc(F)c(-c2ccn(CCN3CCOCC3)n2)c1)c1c[nH]c(=O)cc1C(F)(F)F. The first-order valence-corrected chi connectivity index (χ1v) is 10.5. The Labute approximate surface area is 191 Å². The highest BCUT2D eigenvalue weighted by Crippen LogP contribution is 2.31. The first-order chi connectivity index (χ1) is 16.2. The summed E-state index contributed by atoms with van der Waals surface area (Å²) < 4.78 is 61.2. The Balaban J connectivity index is 1.50. The summed E-state index contributed by atoms with van der Waals surface area (Å²) in [4.78, 5) is 28.1. The second kappa shape index (κ2) is 9.77. The van der Waals surface area contributed by atoms with Gasteiger partial charge in [0.1, 0.15) is 5.82 Å². The highest BCUT2D eigenvalue weighted by Gasteiger charge is 2.36. The summed E-state index contributed by atoms with van der Waals surface area (Å²) in [5.41, 5.74) is -2.64. The third-order valence-corrected chi connectivity index (χ3v) is 5.36. The van der Waals surface area contributed by atoms with Gasteiger partial charge in [-0.05, 0) is 24.3 Å². The summed E-state index contributed by atoms with van der Waals surface area (Å²) in [6.07, 6.45) is -2.50. The number of hydrogen-bond acceptors (Lipinski definition) is 5. The van der Waals surface area contributed by atoms with Crippen LogP contribution in [0.5, 0.6) is 0 Å². The molecule has 0 spiro atoms. The van der Waals surface area contributed by atoms with E-state index in [4.69, 9.17) is 4.74 Å². The normalized spacial score (nSPS) is 14.8. The summed E-state index contributed by atoms with van der Waals surface area (Å²) in [6, 6.07) is 5.54. The van der Waals surface area contributed by atoms with Gasteiger partial charge in [-0.1, -0.05) is 0 Å². The fraction of sp³-hybridized carbons (Fsp3) is 0.318. The number of aromatic nitrogens is 3. The number of aromatic amines is 1. The Morgan fingerprint density at radius 3 is 2.65 bits per heavy atom. The van der Waals surface area contributed by atoms with Crippen molar-refractivity contribution in [1.82, 2.24) is 19.7 Å². The third kappa shape index (κ3) is 5.51. The quantitative estimate of drug-likeness (QED) is 0.531. The van der Waals surface area contributed by atoms with Crippen molar-refractivity contribution in [2.75, 3.05) is 38.2 Å². The molecule has 8 nitrogen and oxygen atoms in total. The molecule has 0 atom stereocenters. The minimum absolute atomic E-state index is 0.0728. The maximum Gasteiger partial charge on any atom is 0.417 e. The summed E-state index contributed by atoms with van der Waals surface area (Å²) in [7, 11) is 0. The number of carbonyl (C=O) groups is 1. The number of carbonyl (C=O) groups excluding carboxylic acids is 1. The Morgan fingerprint density at radius 2 is 1.91 bits per heavy atom. The average Bonchev–Trinajstić information content (AvgIpc) is 3.28. The molecule has 1 aliphatic heterocycles. The number of pyridine rings is 1. The molecule has 3 heterocycles. The molecule has 2 N–H and O–H groups in total. The number of hydrogen-bond donors (Lipinski definition) is 2. The molecule has 1 fully saturated rings. The van der Waals surface area contributed by atoms with Gasteiger partial charge in [-0.3, -0.25) is 19.2 Å². The van der Waals surface area contributed by atoms with Crippen LogP contribution in [0, 0.1) is 5.82 Å².